The molecule has 0 unspecified atom stereocenters. The van der Waals surface area contributed by atoms with Crippen molar-refractivity contribution < 1.29 is 22.7 Å². The van der Waals surface area contributed by atoms with Crippen LogP contribution in [0.15, 0.2) is 65.8 Å². The number of amides is 1. The number of carbonyl (C=O) groups is 1. The van der Waals surface area contributed by atoms with Crippen molar-refractivity contribution in [3.05, 3.63) is 60.9 Å². The van der Waals surface area contributed by atoms with Gasteiger partial charge < -0.3 is 14.8 Å². The lowest BCUT2D eigenvalue weighted by atomic mass is 9.97. The molecule has 166 valence electrons. The molecule has 2 aliphatic heterocycles. The first kappa shape index (κ1) is 20.5. The fourth-order valence-corrected chi connectivity index (χ4v) is 5.29. The molecule has 9 nitrogen and oxygen atoms in total. The molecule has 0 atom stereocenters. The summed E-state index contributed by atoms with van der Waals surface area (Å²) >= 11 is 0. The number of rotatable bonds is 5. The molecule has 5 rings (SSSR count). The molecule has 32 heavy (non-hydrogen) atoms. The second kappa shape index (κ2) is 8.29. The minimum Gasteiger partial charge on any atom is -0.454 e. The topological polar surface area (TPSA) is 103 Å². The van der Waals surface area contributed by atoms with Crippen LogP contribution in [0, 0.1) is 5.92 Å². The smallest absolute Gasteiger partial charge is 0.246 e. The molecule has 2 aliphatic rings. The van der Waals surface area contributed by atoms with Crippen LogP contribution in [0.3, 0.4) is 0 Å². The maximum absolute atomic E-state index is 13.1. The molecule has 1 saturated heterocycles. The summed E-state index contributed by atoms with van der Waals surface area (Å²) in [5.74, 6) is 0.855. The molecule has 10 heteroatoms. The third-order valence-electron chi connectivity index (χ3n) is 5.68. The highest BCUT2D eigenvalue weighted by Gasteiger charge is 2.33. The monoisotopic (exact) mass is 454 g/mol. The predicted octanol–water partition coefficient (Wildman–Crippen LogP) is 2.64. The molecule has 1 aromatic heterocycles. The zero-order valence-corrected chi connectivity index (χ0v) is 18.0. The van der Waals surface area contributed by atoms with Crippen LogP contribution in [0.25, 0.3) is 5.69 Å². The summed E-state index contributed by atoms with van der Waals surface area (Å²) in [6.45, 7) is 0.722. The van der Waals surface area contributed by atoms with E-state index in [4.69, 9.17) is 9.47 Å². The number of nitrogens with zero attached hydrogens (tertiary/aromatic N) is 3. The predicted molar refractivity (Wildman–Crippen MR) is 116 cm³/mol. The zero-order chi connectivity index (χ0) is 22.1. The lowest BCUT2D eigenvalue weighted by Gasteiger charge is -2.30. The Bertz CT molecular complexity index is 1230. The molecule has 0 spiro atoms. The van der Waals surface area contributed by atoms with Gasteiger partial charge in [-0.2, -0.15) is 9.40 Å². The van der Waals surface area contributed by atoms with E-state index in [-0.39, 0.29) is 36.6 Å². The standard InChI is InChI=1S/C22H22N4O5S/c27-22(24-17-6-7-20-21(12-17)31-15-30-20)16-8-10-25(11-9-16)32(28,29)19-13-23-26(14-19)18-4-2-1-3-5-18/h1-7,12-14,16H,8-11,15H2,(H,24,27). The van der Waals surface area contributed by atoms with Gasteiger partial charge in [-0.1, -0.05) is 18.2 Å². The molecule has 0 radical (unpaired) electrons. The zero-order valence-electron chi connectivity index (χ0n) is 17.2. The van der Waals surface area contributed by atoms with Crippen LogP contribution < -0.4 is 14.8 Å². The first-order valence-electron chi connectivity index (χ1n) is 10.3. The van der Waals surface area contributed by atoms with Gasteiger partial charge in [-0.15, -0.1) is 0 Å². The lowest BCUT2D eigenvalue weighted by molar-refractivity contribution is -0.120. The number of fused-ring (bicyclic) bond motifs is 1. The normalized spacial score (nSPS) is 16.8. The number of carbonyl (C=O) groups excluding carboxylic acids is 1. The largest absolute Gasteiger partial charge is 0.454 e. The van der Waals surface area contributed by atoms with Gasteiger partial charge in [0, 0.05) is 30.8 Å². The van der Waals surface area contributed by atoms with Gasteiger partial charge in [0.15, 0.2) is 11.5 Å². The maximum Gasteiger partial charge on any atom is 0.246 e. The number of ether oxygens (including phenoxy) is 2. The van der Waals surface area contributed by atoms with Gasteiger partial charge in [0.1, 0.15) is 4.90 Å². The van der Waals surface area contributed by atoms with E-state index < -0.39 is 10.0 Å². The number of aromatic nitrogens is 2. The number of nitrogens with one attached hydrogen (secondary N) is 1. The summed E-state index contributed by atoms with van der Waals surface area (Å²) in [5, 5.41) is 7.08. The van der Waals surface area contributed by atoms with E-state index in [0.29, 0.717) is 30.0 Å². The van der Waals surface area contributed by atoms with Crippen molar-refractivity contribution in [3.8, 4) is 17.2 Å². The molecule has 3 heterocycles. The Morgan fingerprint density at radius 3 is 2.56 bits per heavy atom. The van der Waals surface area contributed by atoms with Crippen LogP contribution in [0.2, 0.25) is 0 Å². The number of para-hydroxylation sites is 1. The lowest BCUT2D eigenvalue weighted by Crippen LogP contribution is -2.41. The molecule has 0 bridgehead atoms. The first-order valence-corrected chi connectivity index (χ1v) is 11.8. The van der Waals surface area contributed by atoms with Crippen LogP contribution in [0.5, 0.6) is 11.5 Å². The van der Waals surface area contributed by atoms with Crippen LogP contribution in [0.4, 0.5) is 5.69 Å². The highest BCUT2D eigenvalue weighted by Crippen LogP contribution is 2.34. The van der Waals surface area contributed by atoms with Crippen molar-refractivity contribution in [3.63, 3.8) is 0 Å². The number of hydrogen-bond donors (Lipinski definition) is 1. The van der Waals surface area contributed by atoms with Gasteiger partial charge in [-0.25, -0.2) is 13.1 Å². The third-order valence-corrected chi connectivity index (χ3v) is 7.53. The molecule has 1 amide bonds. The van der Waals surface area contributed by atoms with Crippen LogP contribution in [-0.2, 0) is 14.8 Å². The first-order chi connectivity index (χ1) is 15.5. The van der Waals surface area contributed by atoms with E-state index in [2.05, 4.69) is 10.4 Å². The van der Waals surface area contributed by atoms with Crippen molar-refractivity contribution in [2.24, 2.45) is 5.92 Å². The van der Waals surface area contributed by atoms with Gasteiger partial charge in [-0.05, 0) is 37.1 Å². The van der Waals surface area contributed by atoms with Crippen molar-refractivity contribution in [1.82, 2.24) is 14.1 Å². The van der Waals surface area contributed by atoms with E-state index in [1.54, 1.807) is 22.9 Å². The Hall–Kier alpha value is -3.37. The minimum absolute atomic E-state index is 0.127. The summed E-state index contributed by atoms with van der Waals surface area (Å²) in [4.78, 5) is 12.8. The van der Waals surface area contributed by atoms with E-state index in [0.717, 1.165) is 5.69 Å². The third kappa shape index (κ3) is 3.94. The molecular weight excluding hydrogens is 432 g/mol. The summed E-state index contributed by atoms with van der Waals surface area (Å²) in [7, 11) is -3.68. The number of anilines is 1. The summed E-state index contributed by atoms with van der Waals surface area (Å²) in [6, 6.07) is 14.6. The Labute approximate surface area is 185 Å². The van der Waals surface area contributed by atoms with Crippen LogP contribution >= 0.6 is 0 Å². The Morgan fingerprint density at radius 1 is 1.03 bits per heavy atom. The van der Waals surface area contributed by atoms with Gasteiger partial charge in [-0.3, -0.25) is 4.79 Å². The van der Waals surface area contributed by atoms with Crippen LogP contribution in [-0.4, -0.2) is 48.3 Å². The van der Waals surface area contributed by atoms with Crippen molar-refractivity contribution in [2.75, 3.05) is 25.2 Å². The maximum atomic E-state index is 13.1. The highest BCUT2D eigenvalue weighted by atomic mass is 32.2. The quantitative estimate of drug-likeness (QED) is 0.636. The van der Waals surface area contributed by atoms with Crippen molar-refractivity contribution in [1.29, 1.82) is 0 Å². The number of piperidine rings is 1. The molecule has 2 aromatic carbocycles. The van der Waals surface area contributed by atoms with Gasteiger partial charge in [0.2, 0.25) is 22.7 Å². The number of hydrogen-bond acceptors (Lipinski definition) is 6. The average Bonchev–Trinajstić information content (AvgIpc) is 3.50. The summed E-state index contributed by atoms with van der Waals surface area (Å²) < 4.78 is 39.7. The van der Waals surface area contributed by atoms with Crippen molar-refractivity contribution >= 4 is 21.6 Å². The fraction of sp³-hybridized carbons (Fsp3) is 0.273. The molecule has 1 fully saturated rings. The number of sulfonamides is 1. The van der Waals surface area contributed by atoms with E-state index in [1.165, 1.54) is 16.7 Å². The molecule has 3 aromatic rings. The summed E-state index contributed by atoms with van der Waals surface area (Å²) in [5.41, 5.74) is 1.41. The minimum atomic E-state index is -3.68. The van der Waals surface area contributed by atoms with Gasteiger partial charge >= 0.3 is 0 Å². The average molecular weight is 455 g/mol. The second-order valence-corrected chi connectivity index (χ2v) is 9.63. The molecular formula is C22H22N4O5S. The second-order valence-electron chi connectivity index (χ2n) is 7.69. The number of benzene rings is 2. The molecule has 0 saturated carbocycles. The van der Waals surface area contributed by atoms with E-state index in [9.17, 15) is 13.2 Å². The molecule has 0 aliphatic carbocycles. The Balaban J connectivity index is 1.21. The van der Waals surface area contributed by atoms with E-state index in [1.807, 2.05) is 30.3 Å². The Kier molecular flexibility index (Phi) is 5.32. The van der Waals surface area contributed by atoms with Crippen LogP contribution in [0.1, 0.15) is 12.8 Å². The van der Waals surface area contributed by atoms with Gasteiger partial charge in [0.05, 0.1) is 18.1 Å². The summed E-state index contributed by atoms with van der Waals surface area (Å²) in [6.07, 6.45) is 3.77. The fourth-order valence-electron chi connectivity index (χ4n) is 3.89. The highest BCUT2D eigenvalue weighted by molar-refractivity contribution is 7.89. The van der Waals surface area contributed by atoms with E-state index >= 15 is 0 Å². The van der Waals surface area contributed by atoms with Gasteiger partial charge in [0.25, 0.3) is 0 Å². The Morgan fingerprint density at radius 2 is 1.78 bits per heavy atom. The van der Waals surface area contributed by atoms with Crippen molar-refractivity contribution in [2.45, 2.75) is 17.7 Å². The SMILES string of the molecule is O=C(Nc1ccc2c(c1)OCO2)C1CCN(S(=O)(=O)c2cnn(-c3ccccc3)c2)CC1. The molecule has 1 N–H and O–H groups in total.